The molecule has 15 nitrogen and oxygen atoms in total. The van der Waals surface area contributed by atoms with Gasteiger partial charge in [-0.15, -0.1) is 0 Å². The minimum absolute atomic E-state index is 0.0321. The highest BCUT2D eigenvalue weighted by Crippen LogP contribution is 2.43. The molecule has 3 N–H and O–H groups in total. The molecular formula is C48H57ClN8O7S2. The number of rotatable bonds is 14. The molecule has 2 fully saturated rings. The number of benzene rings is 3. The number of pyridine rings is 1. The molecule has 18 heteroatoms. The molecular weight excluding hydrogens is 900 g/mol. The summed E-state index contributed by atoms with van der Waals surface area (Å²) in [4.78, 5) is 37.3. The van der Waals surface area contributed by atoms with E-state index in [1.807, 2.05) is 18.2 Å². The number of ether oxygens (including phenoxy) is 1. The fourth-order valence-corrected chi connectivity index (χ4v) is 11.3. The fourth-order valence-electron chi connectivity index (χ4n) is 9.26. The molecule has 0 unspecified atom stereocenters. The fraction of sp³-hybridized carbons (Fsp3) is 0.417. The van der Waals surface area contributed by atoms with Crippen molar-refractivity contribution in [2.45, 2.75) is 69.7 Å². The van der Waals surface area contributed by atoms with Crippen molar-refractivity contribution in [2.75, 3.05) is 62.0 Å². The SMILES string of the molecule is CC1(C)CCC(CN2CCN(c3ccc(C(=O)NS(=O)(=O)c4ccc(NCC5CCC(N=S(C)(C)=O)CC5)c([N+](=O)[O-])c4)c(Oc4cnc5[nH]ccc5c4)c3)CC2)=C(c2ccc(Cl)cc2)C1. The van der Waals surface area contributed by atoms with E-state index in [9.17, 15) is 27.5 Å². The van der Waals surface area contributed by atoms with Gasteiger partial charge in [0.1, 0.15) is 22.8 Å². The summed E-state index contributed by atoms with van der Waals surface area (Å²) in [6.45, 7) is 9.03. The number of halogens is 1. The molecule has 0 spiro atoms. The van der Waals surface area contributed by atoms with Crippen LogP contribution >= 0.6 is 11.6 Å². The lowest BCUT2D eigenvalue weighted by Gasteiger charge is -2.39. The maximum Gasteiger partial charge on any atom is 0.293 e. The van der Waals surface area contributed by atoms with Gasteiger partial charge in [0, 0.05) is 95.9 Å². The molecule has 3 aromatic carbocycles. The Kier molecular flexibility index (Phi) is 13.8. The number of aromatic amines is 1. The number of hydrogen-bond donors (Lipinski definition) is 3. The number of nitro groups is 1. The Morgan fingerprint density at radius 2 is 1.73 bits per heavy atom. The molecule has 1 aliphatic heterocycles. The van der Waals surface area contributed by atoms with Gasteiger partial charge in [-0.25, -0.2) is 22.5 Å². The molecule has 3 aliphatic rings. The van der Waals surface area contributed by atoms with Gasteiger partial charge in [0.15, 0.2) is 0 Å². The number of nitrogens with zero attached hydrogens (tertiary/aromatic N) is 5. The average Bonchev–Trinajstić information content (AvgIpc) is 3.75. The molecule has 1 amide bonds. The minimum Gasteiger partial charge on any atom is -0.455 e. The third-order valence-electron chi connectivity index (χ3n) is 12.8. The highest BCUT2D eigenvalue weighted by atomic mass is 35.5. The Hall–Kier alpha value is -5.49. The van der Waals surface area contributed by atoms with Crippen molar-refractivity contribution in [1.82, 2.24) is 19.6 Å². The number of piperazine rings is 1. The summed E-state index contributed by atoms with van der Waals surface area (Å²) in [6.07, 6.45) is 12.9. The van der Waals surface area contributed by atoms with E-state index in [1.165, 1.54) is 41.1 Å². The number of sulfonamides is 1. The molecule has 2 aliphatic carbocycles. The lowest BCUT2D eigenvalue weighted by Crippen LogP contribution is -2.47. The molecule has 350 valence electrons. The first-order chi connectivity index (χ1) is 31.4. The summed E-state index contributed by atoms with van der Waals surface area (Å²) < 4.78 is 52.6. The molecule has 1 saturated carbocycles. The van der Waals surface area contributed by atoms with Crippen LogP contribution in [0.3, 0.4) is 0 Å². The van der Waals surface area contributed by atoms with Crippen molar-refractivity contribution in [3.63, 3.8) is 0 Å². The zero-order valence-corrected chi connectivity index (χ0v) is 40.1. The van der Waals surface area contributed by atoms with Crippen molar-refractivity contribution in [2.24, 2.45) is 15.7 Å². The average molecular weight is 958 g/mol. The third-order valence-corrected chi connectivity index (χ3v) is 15.2. The van der Waals surface area contributed by atoms with E-state index in [4.69, 9.17) is 16.3 Å². The van der Waals surface area contributed by atoms with Gasteiger partial charge in [-0.2, -0.15) is 0 Å². The number of nitrogens with one attached hydrogen (secondary N) is 3. The zero-order chi connectivity index (χ0) is 46.8. The van der Waals surface area contributed by atoms with Crippen LogP contribution in [-0.2, 0) is 19.8 Å². The summed E-state index contributed by atoms with van der Waals surface area (Å²) in [5.41, 5.74) is 5.45. The molecule has 66 heavy (non-hydrogen) atoms. The van der Waals surface area contributed by atoms with Crippen LogP contribution in [0.25, 0.3) is 16.6 Å². The van der Waals surface area contributed by atoms with Crippen LogP contribution in [0.1, 0.15) is 74.7 Å². The van der Waals surface area contributed by atoms with Crippen LogP contribution in [-0.4, -0.2) is 96.1 Å². The molecule has 1 saturated heterocycles. The Balaban J connectivity index is 0.977. The monoisotopic (exact) mass is 956 g/mol. The smallest absolute Gasteiger partial charge is 0.293 e. The highest BCUT2D eigenvalue weighted by Gasteiger charge is 2.31. The second-order valence-electron chi connectivity index (χ2n) is 18.8. The molecule has 3 heterocycles. The van der Waals surface area contributed by atoms with Crippen LogP contribution in [0.2, 0.25) is 5.02 Å². The summed E-state index contributed by atoms with van der Waals surface area (Å²) in [6, 6.07) is 20.4. The summed E-state index contributed by atoms with van der Waals surface area (Å²) in [5, 5.41) is 16.9. The van der Waals surface area contributed by atoms with E-state index in [2.05, 4.69) is 60.1 Å². The van der Waals surface area contributed by atoms with E-state index >= 15 is 0 Å². The van der Waals surface area contributed by atoms with Gasteiger partial charge in [0.25, 0.3) is 21.6 Å². The quantitative estimate of drug-likeness (QED) is 0.0709. The molecule has 5 aromatic rings. The highest BCUT2D eigenvalue weighted by molar-refractivity contribution is 7.92. The van der Waals surface area contributed by atoms with Crippen LogP contribution in [0.4, 0.5) is 17.1 Å². The van der Waals surface area contributed by atoms with Crippen molar-refractivity contribution in [3.05, 3.63) is 117 Å². The number of carbonyl (C=O) groups excluding carboxylic acids is 1. The van der Waals surface area contributed by atoms with Gasteiger partial charge in [-0.1, -0.05) is 43.2 Å². The maximum atomic E-state index is 14.0. The number of aromatic nitrogens is 2. The van der Waals surface area contributed by atoms with Crippen molar-refractivity contribution in [3.8, 4) is 11.5 Å². The number of amides is 1. The minimum atomic E-state index is -4.59. The van der Waals surface area contributed by atoms with Gasteiger partial charge in [-0.3, -0.25) is 24.0 Å². The number of nitro benzene ring substituents is 1. The van der Waals surface area contributed by atoms with Gasteiger partial charge in [-0.05, 0) is 116 Å². The first kappa shape index (κ1) is 47.0. The Bertz CT molecular complexity index is 2890. The second kappa shape index (κ2) is 19.4. The molecule has 2 aromatic heterocycles. The second-order valence-corrected chi connectivity index (χ2v) is 23.5. The van der Waals surface area contributed by atoms with E-state index in [0.29, 0.717) is 31.0 Å². The standard InChI is InChI=1S/C48H57ClN8O7S2/c1-48(2)19-17-35(42(28-48)33-7-9-36(49)10-8-33)31-55-21-23-56(24-22-55)38-13-15-41(45(26-38)64-39-25-34-18-20-50-46(34)52-30-39)47(58)54-66(62,63)40-14-16-43(44(27-40)57(59)60)51-29-32-5-11-37(12-6-32)53-65(3,4)61/h7-10,13-16,18,20,25-27,30,32,37,51H,5-6,11-12,17,19,21-24,28-29,31H2,1-4H3,(H,50,52)(H,54,58). The molecule has 0 bridgehead atoms. The molecule has 8 rings (SSSR count). The van der Waals surface area contributed by atoms with Crippen molar-refractivity contribution in [1.29, 1.82) is 0 Å². The first-order valence-electron chi connectivity index (χ1n) is 22.3. The number of allylic oxidation sites excluding steroid dienone is 1. The van der Waals surface area contributed by atoms with Crippen LogP contribution in [0.5, 0.6) is 11.5 Å². The third kappa shape index (κ3) is 11.5. The van der Waals surface area contributed by atoms with Crippen LogP contribution in [0, 0.1) is 21.4 Å². The number of carbonyl (C=O) groups is 1. The summed E-state index contributed by atoms with van der Waals surface area (Å²) in [5.74, 6) is -0.293. The van der Waals surface area contributed by atoms with Crippen LogP contribution < -0.4 is 19.7 Å². The van der Waals surface area contributed by atoms with E-state index < -0.39 is 41.2 Å². The maximum absolute atomic E-state index is 14.0. The normalized spacial score (nSPS) is 19.4. The van der Waals surface area contributed by atoms with Crippen molar-refractivity contribution >= 4 is 70.9 Å². The first-order valence-corrected chi connectivity index (χ1v) is 26.5. The Morgan fingerprint density at radius 1 is 0.985 bits per heavy atom. The molecule has 0 atom stereocenters. The number of anilines is 2. The van der Waals surface area contributed by atoms with E-state index in [0.717, 1.165) is 86.7 Å². The largest absolute Gasteiger partial charge is 0.455 e. The number of fused-ring (bicyclic) bond motifs is 1. The zero-order valence-electron chi connectivity index (χ0n) is 37.7. The van der Waals surface area contributed by atoms with Gasteiger partial charge in [0.05, 0.1) is 27.6 Å². The Morgan fingerprint density at radius 3 is 2.44 bits per heavy atom. The molecule has 0 radical (unpaired) electrons. The van der Waals surface area contributed by atoms with Gasteiger partial charge in [0.2, 0.25) is 0 Å². The lowest BCUT2D eigenvalue weighted by atomic mass is 9.72. The predicted molar refractivity (Wildman–Crippen MR) is 262 cm³/mol. The lowest BCUT2D eigenvalue weighted by molar-refractivity contribution is -0.384. The number of H-pyrrole nitrogens is 1. The Labute approximate surface area is 391 Å². The van der Waals surface area contributed by atoms with Gasteiger partial charge >= 0.3 is 0 Å². The van der Waals surface area contributed by atoms with Crippen molar-refractivity contribution < 1.29 is 27.1 Å². The summed E-state index contributed by atoms with van der Waals surface area (Å²) in [7, 11) is -6.79. The van der Waals surface area contributed by atoms with Gasteiger partial charge < -0.3 is 19.9 Å². The van der Waals surface area contributed by atoms with E-state index in [1.54, 1.807) is 36.9 Å². The van der Waals surface area contributed by atoms with Crippen LogP contribution in [0.15, 0.2) is 100 Å². The summed E-state index contributed by atoms with van der Waals surface area (Å²) >= 11 is 6.25. The topological polar surface area (TPSA) is 192 Å². The van der Waals surface area contributed by atoms with E-state index in [-0.39, 0.29) is 34.4 Å². The predicted octanol–water partition coefficient (Wildman–Crippen LogP) is 9.52. The number of hydrogen-bond acceptors (Lipinski definition) is 12.